The maximum Gasteiger partial charge on any atom is 0.416 e. The van der Waals surface area contributed by atoms with E-state index in [-0.39, 0.29) is 16.5 Å². The molecular weight excluding hydrogens is 343 g/mol. The Balaban J connectivity index is 2.03. The Morgan fingerprint density at radius 1 is 1.33 bits per heavy atom. The molecule has 24 heavy (non-hydrogen) atoms. The number of nitrogens with one attached hydrogen (secondary N) is 1. The Bertz CT molecular complexity index is 732. The van der Waals surface area contributed by atoms with Gasteiger partial charge < -0.3 is 11.1 Å². The van der Waals surface area contributed by atoms with Gasteiger partial charge in [-0.25, -0.2) is 4.98 Å². The van der Waals surface area contributed by atoms with Gasteiger partial charge in [0.25, 0.3) is 0 Å². The van der Waals surface area contributed by atoms with E-state index in [1.165, 1.54) is 24.4 Å². The first-order valence-corrected chi connectivity index (χ1v) is 7.42. The lowest BCUT2D eigenvalue weighted by molar-refractivity contribution is -0.137. The van der Waals surface area contributed by atoms with Gasteiger partial charge in [-0.2, -0.15) is 13.2 Å². The number of nitrogens with two attached hydrogens (primary N) is 1. The van der Waals surface area contributed by atoms with Crippen molar-refractivity contribution in [1.82, 2.24) is 4.98 Å². The molecule has 3 N–H and O–H groups in total. The second-order valence-corrected chi connectivity index (χ2v) is 5.73. The average Bonchev–Trinajstić information content (AvgIpc) is 2.52. The number of amides is 1. The van der Waals surface area contributed by atoms with E-state index < -0.39 is 17.6 Å². The van der Waals surface area contributed by atoms with Crippen LogP contribution in [-0.4, -0.2) is 17.4 Å². The first-order chi connectivity index (χ1) is 11.2. The minimum absolute atomic E-state index is 0.0685. The smallest absolute Gasteiger partial charge is 0.368 e. The SMILES string of the molecule is CC(CNc1ncc(C(N)=O)cc1Cl)c1ccc(C(F)(F)F)cc1. The fraction of sp³-hybridized carbons (Fsp3) is 0.250. The number of rotatable bonds is 5. The minimum Gasteiger partial charge on any atom is -0.368 e. The van der Waals surface area contributed by atoms with Gasteiger partial charge in [0.1, 0.15) is 5.82 Å². The second-order valence-electron chi connectivity index (χ2n) is 5.32. The van der Waals surface area contributed by atoms with Gasteiger partial charge in [-0.3, -0.25) is 4.79 Å². The lowest BCUT2D eigenvalue weighted by atomic mass is 9.99. The molecule has 8 heteroatoms. The standard InChI is InChI=1S/C16H15ClF3N3O/c1-9(10-2-4-12(5-3-10)16(18,19)20)7-22-15-13(17)6-11(8-23-15)14(21)24/h2-6,8-9H,7H2,1H3,(H2,21,24)(H,22,23). The second kappa shape index (κ2) is 7.09. The molecule has 1 atom stereocenters. The maximum absolute atomic E-state index is 12.6. The van der Waals surface area contributed by atoms with Crippen molar-refractivity contribution in [2.24, 2.45) is 5.73 Å². The summed E-state index contributed by atoms with van der Waals surface area (Å²) < 4.78 is 37.7. The van der Waals surface area contributed by atoms with Crippen LogP contribution in [0.15, 0.2) is 36.5 Å². The summed E-state index contributed by atoms with van der Waals surface area (Å²) in [6, 6.07) is 6.40. The number of primary amides is 1. The van der Waals surface area contributed by atoms with Gasteiger partial charge in [0.05, 0.1) is 16.1 Å². The van der Waals surface area contributed by atoms with Crippen LogP contribution < -0.4 is 11.1 Å². The van der Waals surface area contributed by atoms with Gasteiger partial charge >= 0.3 is 6.18 Å². The molecular formula is C16H15ClF3N3O. The normalized spacial score (nSPS) is 12.7. The van der Waals surface area contributed by atoms with E-state index in [4.69, 9.17) is 17.3 Å². The summed E-state index contributed by atoms with van der Waals surface area (Å²) in [6.45, 7) is 2.27. The van der Waals surface area contributed by atoms with E-state index in [0.29, 0.717) is 12.4 Å². The van der Waals surface area contributed by atoms with Gasteiger partial charge in [-0.05, 0) is 29.7 Å². The third kappa shape index (κ3) is 4.38. The number of hydrogen-bond acceptors (Lipinski definition) is 3. The van der Waals surface area contributed by atoms with Crippen molar-refractivity contribution < 1.29 is 18.0 Å². The number of pyridine rings is 1. The Kier molecular flexibility index (Phi) is 5.33. The zero-order chi connectivity index (χ0) is 17.9. The number of hydrogen-bond donors (Lipinski definition) is 2. The summed E-state index contributed by atoms with van der Waals surface area (Å²) in [4.78, 5) is 15.1. The number of carbonyl (C=O) groups is 1. The first kappa shape index (κ1) is 18.1. The van der Waals surface area contributed by atoms with Crippen LogP contribution in [0.25, 0.3) is 0 Å². The molecule has 1 amide bonds. The van der Waals surface area contributed by atoms with E-state index in [0.717, 1.165) is 17.7 Å². The van der Waals surface area contributed by atoms with E-state index in [2.05, 4.69) is 10.3 Å². The lowest BCUT2D eigenvalue weighted by Gasteiger charge is -2.15. The third-order valence-corrected chi connectivity index (χ3v) is 3.80. The molecule has 0 aliphatic carbocycles. The summed E-state index contributed by atoms with van der Waals surface area (Å²) in [7, 11) is 0. The van der Waals surface area contributed by atoms with Crippen LogP contribution in [0.3, 0.4) is 0 Å². The number of nitrogens with zero attached hydrogens (tertiary/aromatic N) is 1. The number of alkyl halides is 3. The summed E-state index contributed by atoms with van der Waals surface area (Å²) in [5.74, 6) is -0.324. The zero-order valence-electron chi connectivity index (χ0n) is 12.7. The predicted molar refractivity (Wildman–Crippen MR) is 86.1 cm³/mol. The van der Waals surface area contributed by atoms with E-state index in [1.807, 2.05) is 6.92 Å². The van der Waals surface area contributed by atoms with Crippen LogP contribution in [0.1, 0.15) is 34.3 Å². The highest BCUT2D eigenvalue weighted by molar-refractivity contribution is 6.33. The van der Waals surface area contributed by atoms with Crippen LogP contribution >= 0.6 is 11.6 Å². The highest BCUT2D eigenvalue weighted by atomic mass is 35.5. The predicted octanol–water partition coefficient (Wildman–Crippen LogP) is 4.07. The van der Waals surface area contributed by atoms with Gasteiger partial charge in [0.2, 0.25) is 5.91 Å². The Labute approximate surface area is 141 Å². The zero-order valence-corrected chi connectivity index (χ0v) is 13.4. The monoisotopic (exact) mass is 357 g/mol. The summed E-state index contributed by atoms with van der Waals surface area (Å²) in [5.41, 5.74) is 5.40. The van der Waals surface area contributed by atoms with Crippen molar-refractivity contribution in [1.29, 1.82) is 0 Å². The van der Waals surface area contributed by atoms with Crippen LogP contribution in [0.4, 0.5) is 19.0 Å². The molecule has 0 saturated heterocycles. The quantitative estimate of drug-likeness (QED) is 0.847. The fourth-order valence-electron chi connectivity index (χ4n) is 2.07. The van der Waals surface area contributed by atoms with Crippen molar-refractivity contribution in [3.05, 3.63) is 58.2 Å². The molecule has 0 aliphatic rings. The molecule has 1 heterocycles. The van der Waals surface area contributed by atoms with Crippen molar-refractivity contribution in [3.63, 3.8) is 0 Å². The molecule has 0 bridgehead atoms. The summed E-state index contributed by atoms with van der Waals surface area (Å²) in [5, 5.41) is 3.25. The van der Waals surface area contributed by atoms with Crippen molar-refractivity contribution in [3.8, 4) is 0 Å². The first-order valence-electron chi connectivity index (χ1n) is 7.05. The van der Waals surface area contributed by atoms with Gasteiger partial charge in [0.15, 0.2) is 0 Å². The molecule has 1 aromatic heterocycles. The topological polar surface area (TPSA) is 68.0 Å². The number of halogens is 4. The highest BCUT2D eigenvalue weighted by Gasteiger charge is 2.30. The van der Waals surface area contributed by atoms with Crippen molar-refractivity contribution in [2.75, 3.05) is 11.9 Å². The Hall–Kier alpha value is -2.28. The van der Waals surface area contributed by atoms with Gasteiger partial charge in [-0.15, -0.1) is 0 Å². The van der Waals surface area contributed by atoms with Crippen LogP contribution in [0, 0.1) is 0 Å². The van der Waals surface area contributed by atoms with Crippen molar-refractivity contribution >= 4 is 23.3 Å². The largest absolute Gasteiger partial charge is 0.416 e. The van der Waals surface area contributed by atoms with Crippen molar-refractivity contribution in [2.45, 2.75) is 19.0 Å². The molecule has 128 valence electrons. The molecule has 1 aromatic carbocycles. The summed E-state index contributed by atoms with van der Waals surface area (Å²) >= 11 is 6.02. The molecule has 1 unspecified atom stereocenters. The fourth-order valence-corrected chi connectivity index (χ4v) is 2.30. The molecule has 2 aromatic rings. The number of anilines is 1. The third-order valence-electron chi connectivity index (χ3n) is 3.51. The molecule has 0 aliphatic heterocycles. The summed E-state index contributed by atoms with van der Waals surface area (Å²) in [6.07, 6.45) is -3.04. The van der Waals surface area contributed by atoms with E-state index >= 15 is 0 Å². The van der Waals surface area contributed by atoms with E-state index in [9.17, 15) is 18.0 Å². The Morgan fingerprint density at radius 2 is 1.96 bits per heavy atom. The van der Waals surface area contributed by atoms with Crippen LogP contribution in [0.2, 0.25) is 5.02 Å². The van der Waals surface area contributed by atoms with Gasteiger partial charge in [-0.1, -0.05) is 30.7 Å². The average molecular weight is 358 g/mol. The molecule has 0 radical (unpaired) electrons. The molecule has 2 rings (SSSR count). The number of carbonyl (C=O) groups excluding carboxylic acids is 1. The molecule has 0 spiro atoms. The Morgan fingerprint density at radius 3 is 2.46 bits per heavy atom. The molecule has 4 nitrogen and oxygen atoms in total. The molecule has 0 fully saturated rings. The lowest BCUT2D eigenvalue weighted by Crippen LogP contribution is -2.14. The highest BCUT2D eigenvalue weighted by Crippen LogP contribution is 2.30. The van der Waals surface area contributed by atoms with Crippen LogP contribution in [0.5, 0.6) is 0 Å². The number of aromatic nitrogens is 1. The number of benzene rings is 1. The van der Waals surface area contributed by atoms with Crippen LogP contribution in [-0.2, 0) is 6.18 Å². The minimum atomic E-state index is -4.35. The maximum atomic E-state index is 12.6. The van der Waals surface area contributed by atoms with Gasteiger partial charge in [0, 0.05) is 12.7 Å². The molecule has 0 saturated carbocycles. The van der Waals surface area contributed by atoms with E-state index in [1.54, 1.807) is 0 Å².